The lowest BCUT2D eigenvalue weighted by molar-refractivity contribution is 0.101. The molecule has 0 fully saturated rings. The maximum Gasteiger partial charge on any atom is 0.259 e. The van der Waals surface area contributed by atoms with E-state index in [2.05, 4.69) is 24.5 Å². The van der Waals surface area contributed by atoms with E-state index in [-0.39, 0.29) is 11.8 Å². The van der Waals surface area contributed by atoms with Crippen molar-refractivity contribution in [2.24, 2.45) is 0 Å². The predicted octanol–water partition coefficient (Wildman–Crippen LogP) is 6.55. The SMILES string of the molecule is CCCCOc1ccccc1C(=O)Nc1ccc(NC(=O)c2ccccc2OCCCC)cc1. The fourth-order valence-electron chi connectivity index (χ4n) is 3.25. The highest BCUT2D eigenvalue weighted by atomic mass is 16.5. The van der Waals surface area contributed by atoms with Crippen molar-refractivity contribution in [3.63, 3.8) is 0 Å². The van der Waals surface area contributed by atoms with Crippen LogP contribution in [0.1, 0.15) is 60.2 Å². The smallest absolute Gasteiger partial charge is 0.259 e. The Morgan fingerprint density at radius 3 is 1.38 bits per heavy atom. The number of hydrogen-bond donors (Lipinski definition) is 2. The van der Waals surface area contributed by atoms with Crippen molar-refractivity contribution >= 4 is 23.2 Å². The van der Waals surface area contributed by atoms with Gasteiger partial charge >= 0.3 is 0 Å². The highest BCUT2D eigenvalue weighted by Crippen LogP contribution is 2.23. The average molecular weight is 461 g/mol. The third-order valence-electron chi connectivity index (χ3n) is 5.17. The number of carbonyl (C=O) groups is 2. The molecule has 0 radical (unpaired) electrons. The summed E-state index contributed by atoms with van der Waals surface area (Å²) < 4.78 is 11.5. The van der Waals surface area contributed by atoms with Crippen LogP contribution in [0.4, 0.5) is 11.4 Å². The molecule has 2 N–H and O–H groups in total. The normalized spacial score (nSPS) is 10.4. The number of ether oxygens (including phenoxy) is 2. The van der Waals surface area contributed by atoms with Gasteiger partial charge in [0.15, 0.2) is 0 Å². The van der Waals surface area contributed by atoms with Gasteiger partial charge in [-0.25, -0.2) is 0 Å². The van der Waals surface area contributed by atoms with Crippen LogP contribution in [0.25, 0.3) is 0 Å². The molecule has 0 aromatic heterocycles. The second kappa shape index (κ2) is 13.0. The molecule has 6 nitrogen and oxygen atoms in total. The number of nitrogens with one attached hydrogen (secondary N) is 2. The van der Waals surface area contributed by atoms with Gasteiger partial charge in [0, 0.05) is 11.4 Å². The van der Waals surface area contributed by atoms with E-state index in [1.54, 1.807) is 48.5 Å². The van der Waals surface area contributed by atoms with E-state index in [1.165, 1.54) is 0 Å². The first-order valence-corrected chi connectivity index (χ1v) is 11.8. The molecule has 3 aromatic rings. The Morgan fingerprint density at radius 1 is 0.618 bits per heavy atom. The summed E-state index contributed by atoms with van der Waals surface area (Å²) in [6.07, 6.45) is 3.90. The summed E-state index contributed by atoms with van der Waals surface area (Å²) in [5.41, 5.74) is 2.20. The van der Waals surface area contributed by atoms with Gasteiger partial charge < -0.3 is 20.1 Å². The zero-order chi connectivity index (χ0) is 24.2. The van der Waals surface area contributed by atoms with E-state index in [1.807, 2.05) is 24.3 Å². The van der Waals surface area contributed by atoms with E-state index in [4.69, 9.17) is 9.47 Å². The van der Waals surface area contributed by atoms with Crippen LogP contribution in [0, 0.1) is 0 Å². The van der Waals surface area contributed by atoms with Gasteiger partial charge in [0.05, 0.1) is 24.3 Å². The van der Waals surface area contributed by atoms with Crippen LogP contribution in [-0.4, -0.2) is 25.0 Å². The molecule has 0 saturated heterocycles. The number of unbranched alkanes of at least 4 members (excludes halogenated alkanes) is 2. The van der Waals surface area contributed by atoms with Gasteiger partial charge in [-0.1, -0.05) is 51.0 Å². The zero-order valence-corrected chi connectivity index (χ0v) is 19.8. The van der Waals surface area contributed by atoms with Gasteiger partial charge in [-0.2, -0.15) is 0 Å². The molecule has 0 unspecified atom stereocenters. The van der Waals surface area contributed by atoms with Gasteiger partial charge in [0.2, 0.25) is 0 Å². The second-order valence-corrected chi connectivity index (χ2v) is 7.88. The molecule has 34 heavy (non-hydrogen) atoms. The van der Waals surface area contributed by atoms with Crippen molar-refractivity contribution in [3.8, 4) is 11.5 Å². The molecule has 0 spiro atoms. The maximum absolute atomic E-state index is 12.8. The standard InChI is InChI=1S/C28H32N2O4/c1-3-5-19-33-25-13-9-7-11-23(25)27(31)29-21-15-17-22(18-16-21)30-28(32)24-12-8-10-14-26(24)34-20-6-4-2/h7-18H,3-6,19-20H2,1-2H3,(H,29,31)(H,30,32). The molecular formula is C28H32N2O4. The number of benzene rings is 3. The van der Waals surface area contributed by atoms with Crippen LogP contribution >= 0.6 is 0 Å². The summed E-state index contributed by atoms with van der Waals surface area (Å²) in [4.78, 5) is 25.6. The van der Waals surface area contributed by atoms with E-state index in [0.29, 0.717) is 47.2 Å². The first-order chi connectivity index (χ1) is 16.6. The summed E-state index contributed by atoms with van der Waals surface area (Å²) in [7, 11) is 0. The van der Waals surface area contributed by atoms with Gasteiger partial charge in [-0.3, -0.25) is 9.59 Å². The molecule has 0 saturated carbocycles. The molecule has 2 amide bonds. The fourth-order valence-corrected chi connectivity index (χ4v) is 3.25. The molecule has 6 heteroatoms. The number of amides is 2. The first kappa shape index (κ1) is 24.8. The molecule has 178 valence electrons. The van der Waals surface area contributed by atoms with E-state index in [9.17, 15) is 9.59 Å². The van der Waals surface area contributed by atoms with Crippen molar-refractivity contribution in [3.05, 3.63) is 83.9 Å². The molecule has 0 bridgehead atoms. The van der Waals surface area contributed by atoms with Crippen LogP contribution in [0.5, 0.6) is 11.5 Å². The minimum atomic E-state index is -0.248. The zero-order valence-electron chi connectivity index (χ0n) is 19.8. The number of para-hydroxylation sites is 2. The first-order valence-electron chi connectivity index (χ1n) is 11.8. The van der Waals surface area contributed by atoms with E-state index in [0.717, 1.165) is 25.7 Å². The van der Waals surface area contributed by atoms with Crippen LogP contribution in [0.3, 0.4) is 0 Å². The Kier molecular flexibility index (Phi) is 9.52. The Morgan fingerprint density at radius 2 is 1.00 bits per heavy atom. The molecule has 3 rings (SSSR count). The molecule has 0 aliphatic heterocycles. The molecule has 0 aliphatic carbocycles. The summed E-state index contributed by atoms with van der Waals surface area (Å²) in [6.45, 7) is 5.33. The van der Waals surface area contributed by atoms with Crippen molar-refractivity contribution in [1.29, 1.82) is 0 Å². The van der Waals surface area contributed by atoms with Gasteiger partial charge in [0.1, 0.15) is 11.5 Å². The molecule has 0 heterocycles. The Labute approximate surface area is 201 Å². The minimum absolute atomic E-state index is 0.248. The number of carbonyl (C=O) groups excluding carboxylic acids is 2. The van der Waals surface area contributed by atoms with Crippen LogP contribution < -0.4 is 20.1 Å². The average Bonchev–Trinajstić information content (AvgIpc) is 2.86. The van der Waals surface area contributed by atoms with Gasteiger partial charge in [0.25, 0.3) is 11.8 Å². The van der Waals surface area contributed by atoms with Gasteiger partial charge in [-0.05, 0) is 61.4 Å². The van der Waals surface area contributed by atoms with Crippen molar-refractivity contribution < 1.29 is 19.1 Å². The molecule has 0 atom stereocenters. The lowest BCUT2D eigenvalue weighted by Crippen LogP contribution is -2.15. The highest BCUT2D eigenvalue weighted by molar-refractivity contribution is 6.07. The minimum Gasteiger partial charge on any atom is -0.493 e. The van der Waals surface area contributed by atoms with Crippen LogP contribution in [0.15, 0.2) is 72.8 Å². The number of hydrogen-bond acceptors (Lipinski definition) is 4. The molecule has 0 aliphatic rings. The summed E-state index contributed by atoms with van der Waals surface area (Å²) in [5.74, 6) is 0.637. The second-order valence-electron chi connectivity index (χ2n) is 7.88. The fraction of sp³-hybridized carbons (Fsp3) is 0.286. The third kappa shape index (κ3) is 7.10. The Balaban J connectivity index is 1.62. The highest BCUT2D eigenvalue weighted by Gasteiger charge is 2.14. The number of anilines is 2. The maximum atomic E-state index is 12.8. The number of rotatable bonds is 12. The van der Waals surface area contributed by atoms with Crippen molar-refractivity contribution in [1.82, 2.24) is 0 Å². The lowest BCUT2D eigenvalue weighted by atomic mass is 10.1. The summed E-state index contributed by atoms with van der Waals surface area (Å²) in [5, 5.41) is 5.77. The monoisotopic (exact) mass is 460 g/mol. The Bertz CT molecular complexity index is 993. The van der Waals surface area contributed by atoms with Gasteiger partial charge in [-0.15, -0.1) is 0 Å². The van der Waals surface area contributed by atoms with Crippen molar-refractivity contribution in [2.75, 3.05) is 23.8 Å². The lowest BCUT2D eigenvalue weighted by Gasteiger charge is -2.13. The topological polar surface area (TPSA) is 76.7 Å². The third-order valence-corrected chi connectivity index (χ3v) is 5.17. The largest absolute Gasteiger partial charge is 0.493 e. The quantitative estimate of drug-likeness (QED) is 0.301. The molecule has 3 aromatic carbocycles. The van der Waals surface area contributed by atoms with Crippen LogP contribution in [-0.2, 0) is 0 Å². The summed E-state index contributed by atoms with van der Waals surface area (Å²) in [6, 6.07) is 21.4. The molecular weight excluding hydrogens is 428 g/mol. The van der Waals surface area contributed by atoms with Crippen LogP contribution in [0.2, 0.25) is 0 Å². The van der Waals surface area contributed by atoms with Crippen molar-refractivity contribution in [2.45, 2.75) is 39.5 Å². The van der Waals surface area contributed by atoms with E-state index < -0.39 is 0 Å². The summed E-state index contributed by atoms with van der Waals surface area (Å²) >= 11 is 0. The Hall–Kier alpha value is -3.80. The predicted molar refractivity (Wildman–Crippen MR) is 136 cm³/mol. The van der Waals surface area contributed by atoms with E-state index >= 15 is 0 Å².